The number of hydrogen-bond donors (Lipinski definition) is 0. The van der Waals surface area contributed by atoms with Crippen LogP contribution in [-0.2, 0) is 10.8 Å². The van der Waals surface area contributed by atoms with Crippen LogP contribution in [0.1, 0.15) is 31.2 Å². The number of alkyl halides is 2. The quantitative estimate of drug-likeness (QED) is 0.146. The van der Waals surface area contributed by atoms with E-state index in [0.29, 0.717) is 37.2 Å². The molecule has 0 saturated heterocycles. The van der Waals surface area contributed by atoms with Crippen molar-refractivity contribution in [1.82, 2.24) is 0 Å². The van der Waals surface area contributed by atoms with E-state index in [9.17, 15) is 26.3 Å². The summed E-state index contributed by atoms with van der Waals surface area (Å²) in [5.41, 5.74) is -1.07. The van der Waals surface area contributed by atoms with Gasteiger partial charge in [0.1, 0.15) is 17.3 Å². The Morgan fingerprint density at radius 3 is 1.89 bits per heavy atom. The molecule has 3 nitrogen and oxygen atoms in total. The van der Waals surface area contributed by atoms with Gasteiger partial charge in [-0.05, 0) is 73.4 Å². The monoisotopic (exact) mass is 498 g/mol. The first-order valence-corrected chi connectivity index (χ1v) is 10.9. The lowest BCUT2D eigenvalue weighted by Gasteiger charge is -2.19. The minimum Gasteiger partial charge on any atom is -0.494 e. The summed E-state index contributed by atoms with van der Waals surface area (Å²) in [4.78, 5) is 0. The van der Waals surface area contributed by atoms with Gasteiger partial charge >= 0.3 is 6.11 Å². The number of ether oxygens (including phenoxy) is 3. The van der Waals surface area contributed by atoms with Crippen molar-refractivity contribution < 1.29 is 40.6 Å². The molecule has 188 valence electrons. The van der Waals surface area contributed by atoms with Gasteiger partial charge in [-0.15, -0.1) is 0 Å². The number of methoxy groups -OCH3 is 1. The Morgan fingerprint density at radius 1 is 0.686 bits per heavy atom. The van der Waals surface area contributed by atoms with E-state index >= 15 is 0 Å². The minimum absolute atomic E-state index is 0.289. The van der Waals surface area contributed by atoms with Gasteiger partial charge in [-0.2, -0.15) is 8.78 Å². The van der Waals surface area contributed by atoms with E-state index in [1.807, 2.05) is 0 Å². The highest BCUT2D eigenvalue weighted by Crippen LogP contribution is 2.35. The Kier molecular flexibility index (Phi) is 9.03. The molecule has 0 aromatic heterocycles. The molecule has 0 unspecified atom stereocenters. The van der Waals surface area contributed by atoms with Gasteiger partial charge in [-0.1, -0.05) is 6.42 Å². The van der Waals surface area contributed by atoms with E-state index in [1.54, 1.807) is 7.11 Å². The normalized spacial score (nSPS) is 11.5. The van der Waals surface area contributed by atoms with E-state index < -0.39 is 40.7 Å². The molecule has 3 aromatic carbocycles. The fourth-order valence-electron chi connectivity index (χ4n) is 3.35. The SMILES string of the molecule is COCCCCCCOc1ccc(C(F)(F)Oc2ccc(-c3cc(F)c(F)c(F)c3)c(F)c2)cc1. The first-order valence-electron chi connectivity index (χ1n) is 10.9. The molecule has 0 N–H and O–H groups in total. The summed E-state index contributed by atoms with van der Waals surface area (Å²) in [5, 5.41) is 0. The second-order valence-electron chi connectivity index (χ2n) is 7.79. The highest BCUT2D eigenvalue weighted by atomic mass is 19.3. The van der Waals surface area contributed by atoms with Crippen molar-refractivity contribution in [3.63, 3.8) is 0 Å². The molecule has 0 aliphatic rings. The van der Waals surface area contributed by atoms with E-state index in [-0.39, 0.29) is 11.1 Å². The highest BCUT2D eigenvalue weighted by Gasteiger charge is 2.34. The maximum Gasteiger partial charge on any atom is 0.426 e. The topological polar surface area (TPSA) is 27.7 Å². The van der Waals surface area contributed by atoms with Crippen LogP contribution in [0.4, 0.5) is 26.3 Å². The van der Waals surface area contributed by atoms with Gasteiger partial charge in [-0.3, -0.25) is 0 Å². The maximum atomic E-state index is 14.6. The van der Waals surface area contributed by atoms with Crippen molar-refractivity contribution in [2.75, 3.05) is 20.3 Å². The van der Waals surface area contributed by atoms with Gasteiger partial charge in [0.15, 0.2) is 17.5 Å². The van der Waals surface area contributed by atoms with Crippen molar-refractivity contribution in [3.05, 3.63) is 83.4 Å². The molecule has 35 heavy (non-hydrogen) atoms. The highest BCUT2D eigenvalue weighted by molar-refractivity contribution is 5.65. The third kappa shape index (κ3) is 7.14. The summed E-state index contributed by atoms with van der Waals surface area (Å²) in [6.07, 6.45) is -0.0195. The molecule has 9 heteroatoms. The molecule has 0 heterocycles. The molecule has 0 bridgehead atoms. The van der Waals surface area contributed by atoms with Crippen LogP contribution in [0, 0.1) is 23.3 Å². The first-order chi connectivity index (χ1) is 16.7. The third-order valence-corrected chi connectivity index (χ3v) is 5.18. The molecule has 0 amide bonds. The summed E-state index contributed by atoms with van der Waals surface area (Å²) >= 11 is 0. The summed E-state index contributed by atoms with van der Waals surface area (Å²) < 4.78 is 98.9. The maximum absolute atomic E-state index is 14.6. The Balaban J connectivity index is 1.61. The van der Waals surface area contributed by atoms with E-state index in [4.69, 9.17) is 9.47 Å². The van der Waals surface area contributed by atoms with Crippen LogP contribution in [0.25, 0.3) is 11.1 Å². The Labute approximate surface area is 199 Å². The van der Waals surface area contributed by atoms with Crippen LogP contribution in [-0.4, -0.2) is 20.3 Å². The van der Waals surface area contributed by atoms with Gasteiger partial charge in [0.05, 0.1) is 12.2 Å². The van der Waals surface area contributed by atoms with Crippen molar-refractivity contribution in [2.45, 2.75) is 31.8 Å². The third-order valence-electron chi connectivity index (χ3n) is 5.18. The predicted molar refractivity (Wildman–Crippen MR) is 119 cm³/mol. The van der Waals surface area contributed by atoms with Gasteiger partial charge in [0.25, 0.3) is 0 Å². The number of halogens is 6. The van der Waals surface area contributed by atoms with Crippen LogP contribution in [0.2, 0.25) is 0 Å². The molecule has 0 aliphatic heterocycles. The summed E-state index contributed by atoms with van der Waals surface area (Å²) in [7, 11) is 1.65. The number of unbranched alkanes of at least 4 members (excludes halogenated alkanes) is 3. The summed E-state index contributed by atoms with van der Waals surface area (Å²) in [6.45, 7) is 1.16. The van der Waals surface area contributed by atoms with Gasteiger partial charge in [-0.25, -0.2) is 17.6 Å². The van der Waals surface area contributed by atoms with E-state index in [0.717, 1.165) is 49.9 Å². The van der Waals surface area contributed by atoms with Crippen LogP contribution in [0.3, 0.4) is 0 Å². The second-order valence-corrected chi connectivity index (χ2v) is 7.79. The molecule has 0 atom stereocenters. The molecule has 0 fully saturated rings. The standard InChI is InChI=1S/C26H24F6O3/c1-33-12-4-2-3-5-13-34-19-8-6-18(7-9-19)26(31,32)35-20-10-11-21(22(27)16-20)17-14-23(28)25(30)24(29)15-17/h6-11,14-16H,2-5,12-13H2,1H3. The molecular weight excluding hydrogens is 474 g/mol. The van der Waals surface area contributed by atoms with Crippen LogP contribution in [0.15, 0.2) is 54.6 Å². The average molecular weight is 498 g/mol. The van der Waals surface area contributed by atoms with Crippen molar-refractivity contribution in [2.24, 2.45) is 0 Å². The Bertz CT molecular complexity index is 1100. The lowest BCUT2D eigenvalue weighted by molar-refractivity contribution is -0.185. The number of rotatable bonds is 12. The lowest BCUT2D eigenvalue weighted by atomic mass is 10.0. The van der Waals surface area contributed by atoms with Gasteiger partial charge in [0.2, 0.25) is 0 Å². The lowest BCUT2D eigenvalue weighted by Crippen LogP contribution is -2.21. The van der Waals surface area contributed by atoms with Crippen LogP contribution >= 0.6 is 0 Å². The van der Waals surface area contributed by atoms with E-state index in [1.165, 1.54) is 12.1 Å². The summed E-state index contributed by atoms with van der Waals surface area (Å²) in [6, 6.07) is 8.97. The zero-order valence-corrected chi connectivity index (χ0v) is 18.9. The van der Waals surface area contributed by atoms with Crippen molar-refractivity contribution in [3.8, 4) is 22.6 Å². The van der Waals surface area contributed by atoms with Crippen LogP contribution in [0.5, 0.6) is 11.5 Å². The average Bonchev–Trinajstić information content (AvgIpc) is 2.82. The first kappa shape index (κ1) is 26.4. The van der Waals surface area contributed by atoms with Crippen molar-refractivity contribution >= 4 is 0 Å². The summed E-state index contributed by atoms with van der Waals surface area (Å²) in [5.74, 6) is -5.84. The molecule has 0 aliphatic carbocycles. The Hall–Kier alpha value is -3.20. The fraction of sp³-hybridized carbons (Fsp3) is 0.308. The van der Waals surface area contributed by atoms with Crippen molar-refractivity contribution in [1.29, 1.82) is 0 Å². The zero-order chi connectivity index (χ0) is 25.4. The number of benzene rings is 3. The molecule has 3 rings (SSSR count). The second kappa shape index (κ2) is 12.0. The zero-order valence-electron chi connectivity index (χ0n) is 18.9. The molecular formula is C26H24F6O3. The smallest absolute Gasteiger partial charge is 0.426 e. The van der Waals surface area contributed by atoms with Gasteiger partial charge < -0.3 is 14.2 Å². The predicted octanol–water partition coefficient (Wildman–Crippen LogP) is 7.62. The van der Waals surface area contributed by atoms with Gasteiger partial charge in [0, 0.05) is 25.3 Å². The Morgan fingerprint density at radius 2 is 1.29 bits per heavy atom. The minimum atomic E-state index is -3.79. The number of hydrogen-bond acceptors (Lipinski definition) is 3. The molecule has 0 spiro atoms. The molecule has 0 saturated carbocycles. The largest absolute Gasteiger partial charge is 0.494 e. The fourth-order valence-corrected chi connectivity index (χ4v) is 3.35. The van der Waals surface area contributed by atoms with Crippen LogP contribution < -0.4 is 9.47 Å². The molecule has 3 aromatic rings. The molecule has 0 radical (unpaired) electrons. The van der Waals surface area contributed by atoms with E-state index in [2.05, 4.69) is 4.74 Å².